The Balaban J connectivity index is 1.37. The summed E-state index contributed by atoms with van der Waals surface area (Å²) >= 11 is 0. The van der Waals surface area contributed by atoms with Gasteiger partial charge < -0.3 is 10.6 Å². The summed E-state index contributed by atoms with van der Waals surface area (Å²) in [5.41, 5.74) is 2.80. The number of benzene rings is 1. The van der Waals surface area contributed by atoms with Gasteiger partial charge in [0.25, 0.3) is 0 Å². The number of fused-ring (bicyclic) bond motifs is 1. The molecule has 0 amide bonds. The summed E-state index contributed by atoms with van der Waals surface area (Å²) in [5, 5.41) is 7.19. The maximum Gasteiger partial charge on any atom is 0.0427 e. The van der Waals surface area contributed by atoms with Gasteiger partial charge in [-0.3, -0.25) is 0 Å². The molecule has 0 radical (unpaired) electrons. The molecule has 1 fully saturated rings. The second-order valence-corrected chi connectivity index (χ2v) is 5.49. The standard InChI is InChI=1S/C15H22N2/c1-2-7-15-13(6-1)10-14(17-15)11-16-9-8-12-4-3-5-12/h1-2,6-7,12,14,16-17H,3-5,8-11H2. The van der Waals surface area contributed by atoms with Crippen molar-refractivity contribution >= 4 is 5.69 Å². The topological polar surface area (TPSA) is 24.1 Å². The first-order chi connectivity index (χ1) is 8.42. The Morgan fingerprint density at radius 1 is 1.24 bits per heavy atom. The summed E-state index contributed by atoms with van der Waals surface area (Å²) in [6.45, 7) is 2.29. The minimum atomic E-state index is 0.591. The van der Waals surface area contributed by atoms with E-state index in [1.807, 2.05) is 0 Å². The predicted molar refractivity (Wildman–Crippen MR) is 72.4 cm³/mol. The van der Waals surface area contributed by atoms with Gasteiger partial charge in [-0.1, -0.05) is 37.5 Å². The molecular weight excluding hydrogens is 208 g/mol. The monoisotopic (exact) mass is 230 g/mol. The lowest BCUT2D eigenvalue weighted by atomic mass is 9.83. The maximum atomic E-state index is 3.60. The molecule has 1 aliphatic heterocycles. The van der Waals surface area contributed by atoms with Crippen LogP contribution in [0.25, 0.3) is 0 Å². The summed E-state index contributed by atoms with van der Waals surface area (Å²) in [7, 11) is 0. The Morgan fingerprint density at radius 3 is 2.88 bits per heavy atom. The van der Waals surface area contributed by atoms with E-state index in [9.17, 15) is 0 Å². The summed E-state index contributed by atoms with van der Waals surface area (Å²) in [4.78, 5) is 0. The second-order valence-electron chi connectivity index (χ2n) is 5.49. The Morgan fingerprint density at radius 2 is 2.12 bits per heavy atom. The molecule has 0 spiro atoms. The van der Waals surface area contributed by atoms with Gasteiger partial charge in [-0.15, -0.1) is 0 Å². The predicted octanol–water partition coefficient (Wildman–Crippen LogP) is 2.80. The minimum Gasteiger partial charge on any atom is -0.380 e. The Bertz CT molecular complexity index is 346. The summed E-state index contributed by atoms with van der Waals surface area (Å²) in [6, 6.07) is 9.25. The van der Waals surface area contributed by atoms with Crippen LogP contribution in [0.1, 0.15) is 31.2 Å². The van der Waals surface area contributed by atoms with Gasteiger partial charge in [-0.25, -0.2) is 0 Å². The minimum absolute atomic E-state index is 0.591. The lowest BCUT2D eigenvalue weighted by Crippen LogP contribution is -2.33. The van der Waals surface area contributed by atoms with E-state index in [0.29, 0.717) is 6.04 Å². The summed E-state index contributed by atoms with van der Waals surface area (Å²) in [5.74, 6) is 1.02. The smallest absolute Gasteiger partial charge is 0.0427 e. The van der Waals surface area contributed by atoms with Crippen LogP contribution in [0.3, 0.4) is 0 Å². The Hall–Kier alpha value is -1.02. The molecule has 2 N–H and O–H groups in total. The molecule has 2 heteroatoms. The normalized spacial score (nSPS) is 22.9. The highest BCUT2D eigenvalue weighted by atomic mass is 15.0. The summed E-state index contributed by atoms with van der Waals surface area (Å²) in [6.07, 6.45) is 6.94. The van der Waals surface area contributed by atoms with Gasteiger partial charge in [0, 0.05) is 18.3 Å². The van der Waals surface area contributed by atoms with E-state index in [1.165, 1.54) is 49.9 Å². The highest BCUT2D eigenvalue weighted by molar-refractivity contribution is 5.56. The van der Waals surface area contributed by atoms with Gasteiger partial charge in [0.2, 0.25) is 0 Å². The zero-order valence-electron chi connectivity index (χ0n) is 10.4. The van der Waals surface area contributed by atoms with Gasteiger partial charge >= 0.3 is 0 Å². The zero-order valence-corrected chi connectivity index (χ0v) is 10.4. The number of nitrogens with one attached hydrogen (secondary N) is 2. The van der Waals surface area contributed by atoms with Crippen molar-refractivity contribution in [3.05, 3.63) is 29.8 Å². The fourth-order valence-electron chi connectivity index (χ4n) is 2.86. The fraction of sp³-hybridized carbons (Fsp3) is 0.600. The van der Waals surface area contributed by atoms with Gasteiger partial charge in [0.1, 0.15) is 0 Å². The van der Waals surface area contributed by atoms with Crippen LogP contribution >= 0.6 is 0 Å². The summed E-state index contributed by atoms with van der Waals surface area (Å²) < 4.78 is 0. The van der Waals surface area contributed by atoms with Gasteiger partial charge in [-0.05, 0) is 36.9 Å². The van der Waals surface area contributed by atoms with Crippen molar-refractivity contribution in [2.24, 2.45) is 5.92 Å². The van der Waals surface area contributed by atoms with Crippen LogP contribution in [0, 0.1) is 5.92 Å². The number of hydrogen-bond acceptors (Lipinski definition) is 2. The van der Waals surface area contributed by atoms with Crippen LogP contribution in [0.4, 0.5) is 5.69 Å². The highest BCUT2D eigenvalue weighted by Crippen LogP contribution is 2.29. The molecule has 0 aromatic heterocycles. The van der Waals surface area contributed by atoms with E-state index >= 15 is 0 Å². The molecule has 2 aliphatic rings. The highest BCUT2D eigenvalue weighted by Gasteiger charge is 2.20. The van der Waals surface area contributed by atoms with Crippen LogP contribution in [-0.4, -0.2) is 19.1 Å². The molecule has 2 nitrogen and oxygen atoms in total. The quantitative estimate of drug-likeness (QED) is 0.760. The van der Waals surface area contributed by atoms with E-state index in [-0.39, 0.29) is 0 Å². The average Bonchev–Trinajstić information content (AvgIpc) is 2.68. The number of anilines is 1. The molecule has 0 saturated heterocycles. The first kappa shape index (κ1) is 11.1. The Labute approximate surface area is 104 Å². The molecule has 1 atom stereocenters. The number of para-hydroxylation sites is 1. The van der Waals surface area contributed by atoms with Crippen LogP contribution < -0.4 is 10.6 Å². The molecule has 0 bridgehead atoms. The maximum absolute atomic E-state index is 3.60. The SMILES string of the molecule is c1ccc2c(c1)CC(CNCCC1CCC1)N2. The molecule has 1 unspecified atom stereocenters. The van der Waals surface area contributed by atoms with Gasteiger partial charge in [-0.2, -0.15) is 0 Å². The van der Waals surface area contributed by atoms with E-state index in [0.717, 1.165) is 12.5 Å². The van der Waals surface area contributed by atoms with Crippen molar-refractivity contribution in [1.82, 2.24) is 5.32 Å². The third-order valence-electron chi connectivity index (χ3n) is 4.19. The van der Waals surface area contributed by atoms with Crippen molar-refractivity contribution in [1.29, 1.82) is 0 Å². The van der Waals surface area contributed by atoms with E-state index < -0.39 is 0 Å². The van der Waals surface area contributed by atoms with Gasteiger partial charge in [0.05, 0.1) is 0 Å². The molecule has 1 aromatic carbocycles. The lowest BCUT2D eigenvalue weighted by molar-refractivity contribution is 0.292. The number of hydrogen-bond donors (Lipinski definition) is 2. The first-order valence-electron chi connectivity index (χ1n) is 6.97. The first-order valence-corrected chi connectivity index (χ1v) is 6.97. The molecular formula is C15H22N2. The van der Waals surface area contributed by atoms with Crippen LogP contribution in [-0.2, 0) is 6.42 Å². The third-order valence-corrected chi connectivity index (χ3v) is 4.19. The lowest BCUT2D eigenvalue weighted by Gasteiger charge is -2.25. The van der Waals surface area contributed by atoms with Crippen molar-refractivity contribution in [3.63, 3.8) is 0 Å². The average molecular weight is 230 g/mol. The van der Waals surface area contributed by atoms with Crippen molar-refractivity contribution < 1.29 is 0 Å². The van der Waals surface area contributed by atoms with Crippen LogP contribution in [0.5, 0.6) is 0 Å². The molecule has 1 aliphatic carbocycles. The molecule has 1 heterocycles. The molecule has 1 saturated carbocycles. The van der Waals surface area contributed by atoms with Crippen molar-refractivity contribution in [2.45, 2.75) is 38.1 Å². The Kier molecular flexibility index (Phi) is 3.32. The van der Waals surface area contributed by atoms with E-state index in [1.54, 1.807) is 0 Å². The molecule has 3 rings (SSSR count). The third kappa shape index (κ3) is 2.63. The molecule has 17 heavy (non-hydrogen) atoms. The van der Waals surface area contributed by atoms with Crippen molar-refractivity contribution in [3.8, 4) is 0 Å². The zero-order chi connectivity index (χ0) is 11.5. The van der Waals surface area contributed by atoms with Crippen LogP contribution in [0.2, 0.25) is 0 Å². The molecule has 1 aromatic rings. The second kappa shape index (κ2) is 5.09. The number of rotatable bonds is 5. The fourth-order valence-corrected chi connectivity index (χ4v) is 2.86. The largest absolute Gasteiger partial charge is 0.380 e. The van der Waals surface area contributed by atoms with E-state index in [2.05, 4.69) is 34.9 Å². The van der Waals surface area contributed by atoms with Crippen LogP contribution in [0.15, 0.2) is 24.3 Å². The molecule has 92 valence electrons. The van der Waals surface area contributed by atoms with E-state index in [4.69, 9.17) is 0 Å². The van der Waals surface area contributed by atoms with Crippen molar-refractivity contribution in [2.75, 3.05) is 18.4 Å². The van der Waals surface area contributed by atoms with Gasteiger partial charge in [0.15, 0.2) is 0 Å².